The summed E-state index contributed by atoms with van der Waals surface area (Å²) >= 11 is 0. The number of hydrogen-bond acceptors (Lipinski definition) is 5. The van der Waals surface area contributed by atoms with Crippen molar-refractivity contribution in [3.05, 3.63) is 48.0 Å². The number of benzene rings is 1. The van der Waals surface area contributed by atoms with Gasteiger partial charge in [0.25, 0.3) is 6.47 Å². The predicted octanol–water partition coefficient (Wildman–Crippen LogP) is 3.95. The van der Waals surface area contributed by atoms with Crippen molar-refractivity contribution in [2.45, 2.75) is 46.1 Å². The van der Waals surface area contributed by atoms with Gasteiger partial charge in [-0.2, -0.15) is 0 Å². The van der Waals surface area contributed by atoms with Crippen LogP contribution in [0.4, 0.5) is 0 Å². The van der Waals surface area contributed by atoms with Crippen LogP contribution in [0.15, 0.2) is 42.5 Å². The molecule has 0 bridgehead atoms. The van der Waals surface area contributed by atoms with Crippen LogP contribution in [0.1, 0.15) is 37.6 Å². The molecule has 27 heavy (non-hydrogen) atoms. The minimum absolute atomic E-state index is 0.0946. The zero-order valence-corrected chi connectivity index (χ0v) is 18.0. The third kappa shape index (κ3) is 4.87. The molecule has 0 unspecified atom stereocenters. The van der Waals surface area contributed by atoms with E-state index in [9.17, 15) is 9.59 Å². The van der Waals surface area contributed by atoms with Gasteiger partial charge in [0.2, 0.25) is 5.79 Å². The lowest BCUT2D eigenvalue weighted by Gasteiger charge is -2.33. The second-order valence-corrected chi connectivity index (χ2v) is 10.7. The molecule has 6 heteroatoms. The van der Waals surface area contributed by atoms with Crippen LogP contribution in [-0.4, -0.2) is 33.9 Å². The van der Waals surface area contributed by atoms with E-state index < -0.39 is 14.8 Å². The smallest absolute Gasteiger partial charge is 0.338 e. The highest BCUT2D eigenvalue weighted by atomic mass is 28.3. The highest BCUT2D eigenvalue weighted by Gasteiger charge is 2.55. The van der Waals surface area contributed by atoms with E-state index in [1.165, 1.54) is 0 Å². The average molecular weight is 391 g/mol. The van der Waals surface area contributed by atoms with Gasteiger partial charge in [-0.25, -0.2) is 4.79 Å². The lowest BCUT2D eigenvalue weighted by atomic mass is 9.74. The third-order valence-corrected chi connectivity index (χ3v) is 5.94. The van der Waals surface area contributed by atoms with Crippen LogP contribution in [0.3, 0.4) is 0 Å². The number of ether oxygens (including phenoxy) is 2. The first-order chi connectivity index (χ1) is 12.6. The molecule has 1 aromatic carbocycles. The van der Waals surface area contributed by atoms with E-state index in [0.717, 1.165) is 0 Å². The van der Waals surface area contributed by atoms with Crippen LogP contribution >= 0.6 is 0 Å². The summed E-state index contributed by atoms with van der Waals surface area (Å²) in [7, 11) is -1.51. The molecule has 1 aliphatic carbocycles. The van der Waals surface area contributed by atoms with E-state index in [-0.39, 0.29) is 29.8 Å². The number of carbonyl (C=O) groups excluding carboxylic acids is 2. The van der Waals surface area contributed by atoms with Crippen LogP contribution in [-0.2, 0) is 18.7 Å². The van der Waals surface area contributed by atoms with E-state index in [4.69, 9.17) is 13.9 Å². The lowest BCUT2D eigenvalue weighted by molar-refractivity contribution is -0.171. The topological polar surface area (TPSA) is 61.8 Å². The zero-order chi connectivity index (χ0) is 20.2. The average Bonchev–Trinajstić information content (AvgIpc) is 2.86. The van der Waals surface area contributed by atoms with Crippen molar-refractivity contribution in [3.8, 4) is 0 Å². The number of carbonyl (C=O) groups is 2. The van der Waals surface area contributed by atoms with Crippen LogP contribution in [0.2, 0.25) is 13.1 Å². The van der Waals surface area contributed by atoms with E-state index >= 15 is 0 Å². The zero-order valence-electron chi connectivity index (χ0n) is 16.9. The van der Waals surface area contributed by atoms with Gasteiger partial charge in [-0.1, -0.05) is 45.5 Å². The standard InChI is InChI=1S/C21H30O5Si/c1-15-17(13-24-19(23)16-10-8-7-9-11-16)18(20(2,3)4)12-21(15,25-14-22)26-27(5)6/h7-11,14,17-18,27H,1,12-13H2,2-6H3/t17-,18-,21+/m0/s1. The van der Waals surface area contributed by atoms with Gasteiger partial charge < -0.3 is 13.9 Å². The molecular formula is C21H30O5Si. The Morgan fingerprint density at radius 1 is 1.30 bits per heavy atom. The van der Waals surface area contributed by atoms with Crippen LogP contribution < -0.4 is 0 Å². The van der Waals surface area contributed by atoms with Gasteiger partial charge in [-0.3, -0.25) is 4.79 Å². The van der Waals surface area contributed by atoms with Gasteiger partial charge >= 0.3 is 5.97 Å². The molecule has 5 nitrogen and oxygen atoms in total. The minimum Gasteiger partial charge on any atom is -0.461 e. The Morgan fingerprint density at radius 2 is 1.93 bits per heavy atom. The molecule has 0 spiro atoms. The number of hydrogen-bond donors (Lipinski definition) is 0. The summed E-state index contributed by atoms with van der Waals surface area (Å²) in [6.07, 6.45) is 0.521. The largest absolute Gasteiger partial charge is 0.461 e. The Hall–Kier alpha value is -1.92. The van der Waals surface area contributed by atoms with Crippen LogP contribution in [0.5, 0.6) is 0 Å². The monoisotopic (exact) mass is 390 g/mol. The fourth-order valence-corrected chi connectivity index (χ4v) is 4.84. The number of esters is 1. The lowest BCUT2D eigenvalue weighted by Crippen LogP contribution is -2.39. The molecule has 0 aromatic heterocycles. The maximum atomic E-state index is 12.4. The molecule has 0 N–H and O–H groups in total. The molecule has 1 saturated carbocycles. The maximum absolute atomic E-state index is 12.4. The minimum atomic E-state index is -1.51. The SMILES string of the molecule is C=C1[C@H](COC(=O)c2ccccc2)[C@@H](C(C)(C)C)C[C@@]1(OC=O)O[SiH](C)C. The van der Waals surface area contributed by atoms with Crippen molar-refractivity contribution in [3.63, 3.8) is 0 Å². The van der Waals surface area contributed by atoms with Crippen molar-refractivity contribution < 1.29 is 23.5 Å². The summed E-state index contributed by atoms with van der Waals surface area (Å²) in [4.78, 5) is 23.6. The summed E-state index contributed by atoms with van der Waals surface area (Å²) in [6.45, 7) is 15.2. The van der Waals surface area contributed by atoms with Gasteiger partial charge in [0, 0.05) is 12.3 Å². The van der Waals surface area contributed by atoms with E-state index in [2.05, 4.69) is 27.4 Å². The van der Waals surface area contributed by atoms with Crippen molar-refractivity contribution in [1.29, 1.82) is 0 Å². The van der Waals surface area contributed by atoms with Gasteiger partial charge in [-0.15, -0.1) is 0 Å². The highest BCUT2D eigenvalue weighted by Crippen LogP contribution is 2.52. The van der Waals surface area contributed by atoms with Crippen molar-refractivity contribution in [2.75, 3.05) is 6.61 Å². The van der Waals surface area contributed by atoms with Crippen LogP contribution in [0.25, 0.3) is 0 Å². The Bertz CT molecular complexity index is 680. The molecule has 1 aromatic rings. The second-order valence-electron chi connectivity index (χ2n) is 8.41. The van der Waals surface area contributed by atoms with Gasteiger partial charge in [-0.05, 0) is 42.1 Å². The predicted molar refractivity (Wildman–Crippen MR) is 107 cm³/mol. The molecule has 1 aliphatic rings. The summed E-state index contributed by atoms with van der Waals surface area (Å²) < 4.78 is 17.2. The Morgan fingerprint density at radius 3 is 2.44 bits per heavy atom. The quantitative estimate of drug-likeness (QED) is 0.232. The molecule has 0 aliphatic heterocycles. The molecule has 3 atom stereocenters. The molecule has 2 rings (SSSR count). The molecule has 148 valence electrons. The van der Waals surface area contributed by atoms with Crippen molar-refractivity contribution >= 4 is 21.5 Å². The molecule has 1 fully saturated rings. The van der Waals surface area contributed by atoms with Crippen molar-refractivity contribution in [2.24, 2.45) is 17.3 Å². The highest BCUT2D eigenvalue weighted by molar-refractivity contribution is 6.48. The summed E-state index contributed by atoms with van der Waals surface area (Å²) in [5.41, 5.74) is 1.09. The Kier molecular flexibility index (Phi) is 6.65. The first-order valence-electron chi connectivity index (χ1n) is 9.31. The van der Waals surface area contributed by atoms with Gasteiger partial charge in [0.1, 0.15) is 0 Å². The molecule has 0 heterocycles. The van der Waals surface area contributed by atoms with E-state index in [0.29, 0.717) is 24.0 Å². The first-order valence-corrected chi connectivity index (χ1v) is 12.1. The summed E-state index contributed by atoms with van der Waals surface area (Å²) in [5, 5.41) is 0. The van der Waals surface area contributed by atoms with Crippen molar-refractivity contribution in [1.82, 2.24) is 0 Å². The van der Waals surface area contributed by atoms with Gasteiger partial charge in [0.15, 0.2) is 9.04 Å². The Balaban J connectivity index is 2.24. The fourth-order valence-electron chi connectivity index (χ4n) is 3.77. The van der Waals surface area contributed by atoms with Crippen LogP contribution in [0, 0.1) is 17.3 Å². The fraction of sp³-hybridized carbons (Fsp3) is 0.524. The maximum Gasteiger partial charge on any atom is 0.338 e. The number of rotatable bonds is 7. The summed E-state index contributed by atoms with van der Waals surface area (Å²) in [6, 6.07) is 8.89. The summed E-state index contributed by atoms with van der Waals surface area (Å²) in [5.74, 6) is -1.54. The molecule has 0 amide bonds. The molecule has 0 saturated heterocycles. The Labute approximate surface area is 163 Å². The van der Waals surface area contributed by atoms with E-state index in [1.807, 2.05) is 19.2 Å². The van der Waals surface area contributed by atoms with E-state index in [1.54, 1.807) is 24.3 Å². The molecular weight excluding hydrogens is 360 g/mol. The third-order valence-electron chi connectivity index (χ3n) is 5.09. The van der Waals surface area contributed by atoms with Gasteiger partial charge in [0.05, 0.1) is 12.2 Å². The normalized spacial score (nSPS) is 25.5. The molecule has 0 radical (unpaired) electrons. The second kappa shape index (κ2) is 8.40. The first kappa shape index (κ1) is 21.4.